The molecule has 2 rings (SSSR count). The van der Waals surface area contributed by atoms with Crippen LogP contribution in [0.25, 0.3) is 0 Å². The third-order valence-electron chi connectivity index (χ3n) is 2.25. The second-order valence-electron chi connectivity index (χ2n) is 3.45. The standard InChI is InChI=1S/C10H11FN4OS.ClH/c1-15-9(10(12)16)7(5-14-15)13-4-6-2-3-8(11)17-6;/h2-3,5,13H,4H2,1H3,(H2,12,16);1H. The molecule has 0 bridgehead atoms. The molecule has 3 N–H and O–H groups in total. The van der Waals surface area contributed by atoms with Gasteiger partial charge in [-0.2, -0.15) is 9.49 Å². The highest BCUT2D eigenvalue weighted by molar-refractivity contribution is 7.10. The zero-order valence-electron chi connectivity index (χ0n) is 9.51. The third-order valence-corrected chi connectivity index (χ3v) is 3.13. The molecular weight excluding hydrogens is 279 g/mol. The van der Waals surface area contributed by atoms with Crippen LogP contribution in [0, 0.1) is 5.13 Å². The van der Waals surface area contributed by atoms with Crippen molar-refractivity contribution in [3.8, 4) is 0 Å². The molecular formula is C10H12ClFN4OS. The molecule has 0 aliphatic heterocycles. The number of aromatic nitrogens is 2. The fourth-order valence-electron chi connectivity index (χ4n) is 1.49. The summed E-state index contributed by atoms with van der Waals surface area (Å²) < 4.78 is 14.2. The minimum Gasteiger partial charge on any atom is -0.377 e. The smallest absolute Gasteiger partial charge is 0.269 e. The van der Waals surface area contributed by atoms with Crippen LogP contribution < -0.4 is 11.1 Å². The molecule has 0 saturated heterocycles. The van der Waals surface area contributed by atoms with E-state index in [2.05, 4.69) is 10.4 Å². The topological polar surface area (TPSA) is 72.9 Å². The molecule has 0 radical (unpaired) electrons. The van der Waals surface area contributed by atoms with Gasteiger partial charge >= 0.3 is 0 Å². The minimum atomic E-state index is -0.551. The predicted molar refractivity (Wildman–Crippen MR) is 70.6 cm³/mol. The highest BCUT2D eigenvalue weighted by Gasteiger charge is 2.13. The van der Waals surface area contributed by atoms with Crippen molar-refractivity contribution in [2.75, 3.05) is 5.32 Å². The first-order valence-corrected chi connectivity index (χ1v) is 5.69. The molecule has 0 atom stereocenters. The summed E-state index contributed by atoms with van der Waals surface area (Å²) >= 11 is 1.06. The molecule has 1 amide bonds. The third kappa shape index (κ3) is 2.99. The van der Waals surface area contributed by atoms with Crippen LogP contribution in [0.4, 0.5) is 10.1 Å². The molecule has 0 aliphatic carbocycles. The lowest BCUT2D eigenvalue weighted by molar-refractivity contribution is 0.0992. The number of rotatable bonds is 4. The Morgan fingerprint density at radius 1 is 1.61 bits per heavy atom. The number of nitrogens with zero attached hydrogens (tertiary/aromatic N) is 2. The van der Waals surface area contributed by atoms with E-state index in [1.54, 1.807) is 13.1 Å². The van der Waals surface area contributed by atoms with Gasteiger partial charge < -0.3 is 11.1 Å². The number of thiophene rings is 1. The Hall–Kier alpha value is -1.60. The first kappa shape index (κ1) is 14.5. The largest absolute Gasteiger partial charge is 0.377 e. The van der Waals surface area contributed by atoms with E-state index in [1.807, 2.05) is 0 Å². The number of hydrogen-bond donors (Lipinski definition) is 2. The maximum atomic E-state index is 12.8. The van der Waals surface area contributed by atoms with E-state index in [-0.39, 0.29) is 17.5 Å². The zero-order valence-corrected chi connectivity index (χ0v) is 11.1. The summed E-state index contributed by atoms with van der Waals surface area (Å²) in [6.07, 6.45) is 1.52. The average Bonchev–Trinajstić information content (AvgIpc) is 2.82. The molecule has 2 aromatic rings. The van der Waals surface area contributed by atoms with Crippen molar-refractivity contribution in [3.05, 3.63) is 34.0 Å². The normalized spacial score (nSPS) is 9.89. The van der Waals surface area contributed by atoms with Gasteiger partial charge in [-0.3, -0.25) is 9.48 Å². The number of nitrogens with two attached hydrogens (primary N) is 1. The monoisotopic (exact) mass is 290 g/mol. The Labute approximate surface area is 113 Å². The fourth-order valence-corrected chi connectivity index (χ4v) is 2.16. The number of carbonyl (C=O) groups excluding carboxylic acids is 1. The first-order chi connectivity index (χ1) is 8.08. The number of nitrogens with one attached hydrogen (secondary N) is 1. The van der Waals surface area contributed by atoms with E-state index in [4.69, 9.17) is 5.73 Å². The molecule has 2 heterocycles. The van der Waals surface area contributed by atoms with Crippen molar-refractivity contribution in [1.82, 2.24) is 9.78 Å². The van der Waals surface area contributed by atoms with E-state index in [1.165, 1.54) is 16.9 Å². The molecule has 0 aliphatic rings. The van der Waals surface area contributed by atoms with Gasteiger partial charge in [0, 0.05) is 18.5 Å². The Morgan fingerprint density at radius 2 is 2.33 bits per heavy atom. The molecule has 0 aromatic carbocycles. The van der Waals surface area contributed by atoms with Gasteiger partial charge in [0.2, 0.25) is 0 Å². The molecule has 0 spiro atoms. The summed E-state index contributed by atoms with van der Waals surface area (Å²) in [5.74, 6) is -0.551. The zero-order chi connectivity index (χ0) is 12.4. The molecule has 5 nitrogen and oxygen atoms in total. The number of primary amides is 1. The molecule has 0 unspecified atom stereocenters. The van der Waals surface area contributed by atoms with Crippen LogP contribution in [-0.4, -0.2) is 15.7 Å². The van der Waals surface area contributed by atoms with Crippen LogP contribution in [-0.2, 0) is 13.6 Å². The number of carbonyl (C=O) groups is 1. The Balaban J connectivity index is 0.00000162. The van der Waals surface area contributed by atoms with Gasteiger partial charge in [-0.15, -0.1) is 23.7 Å². The second kappa shape index (κ2) is 5.83. The summed E-state index contributed by atoms with van der Waals surface area (Å²) in [7, 11) is 1.64. The number of aryl methyl sites for hydroxylation is 1. The SMILES string of the molecule is Cl.Cn1ncc(NCc2ccc(F)s2)c1C(N)=O. The van der Waals surface area contributed by atoms with Gasteiger partial charge in [0.1, 0.15) is 5.69 Å². The summed E-state index contributed by atoms with van der Waals surface area (Å²) in [6, 6.07) is 3.09. The van der Waals surface area contributed by atoms with E-state index < -0.39 is 5.91 Å². The van der Waals surface area contributed by atoms with Crippen molar-refractivity contribution in [1.29, 1.82) is 0 Å². The summed E-state index contributed by atoms with van der Waals surface area (Å²) in [5, 5.41) is 6.71. The lowest BCUT2D eigenvalue weighted by atomic mass is 10.3. The van der Waals surface area contributed by atoms with Crippen LogP contribution in [0.15, 0.2) is 18.3 Å². The number of halogens is 2. The molecule has 2 aromatic heterocycles. The van der Waals surface area contributed by atoms with E-state index in [9.17, 15) is 9.18 Å². The van der Waals surface area contributed by atoms with Crippen molar-refractivity contribution < 1.29 is 9.18 Å². The van der Waals surface area contributed by atoms with Crippen LogP contribution in [0.2, 0.25) is 0 Å². The summed E-state index contributed by atoms with van der Waals surface area (Å²) in [5.41, 5.74) is 6.09. The maximum absolute atomic E-state index is 12.8. The second-order valence-corrected chi connectivity index (χ2v) is 4.57. The van der Waals surface area contributed by atoms with E-state index >= 15 is 0 Å². The van der Waals surface area contributed by atoms with Crippen molar-refractivity contribution in [2.45, 2.75) is 6.54 Å². The van der Waals surface area contributed by atoms with Gasteiger partial charge in [0.05, 0.1) is 11.9 Å². The Morgan fingerprint density at radius 3 is 2.89 bits per heavy atom. The van der Waals surface area contributed by atoms with Crippen LogP contribution in [0.3, 0.4) is 0 Å². The van der Waals surface area contributed by atoms with Gasteiger partial charge in [-0.1, -0.05) is 0 Å². The number of anilines is 1. The van der Waals surface area contributed by atoms with Crippen molar-refractivity contribution >= 4 is 35.3 Å². The highest BCUT2D eigenvalue weighted by Crippen LogP contribution is 2.18. The quantitative estimate of drug-likeness (QED) is 0.901. The van der Waals surface area contributed by atoms with Gasteiger partial charge in [0.15, 0.2) is 5.13 Å². The summed E-state index contributed by atoms with van der Waals surface area (Å²) in [6.45, 7) is 0.431. The maximum Gasteiger partial charge on any atom is 0.269 e. The van der Waals surface area contributed by atoms with E-state index in [0.29, 0.717) is 17.9 Å². The van der Waals surface area contributed by atoms with E-state index in [0.717, 1.165) is 16.2 Å². The molecule has 0 fully saturated rings. The minimum absolute atomic E-state index is 0. The lowest BCUT2D eigenvalue weighted by Crippen LogP contribution is -2.17. The van der Waals surface area contributed by atoms with Crippen molar-refractivity contribution in [3.63, 3.8) is 0 Å². The van der Waals surface area contributed by atoms with Gasteiger partial charge in [0.25, 0.3) is 5.91 Å². The number of hydrogen-bond acceptors (Lipinski definition) is 4. The first-order valence-electron chi connectivity index (χ1n) is 4.88. The van der Waals surface area contributed by atoms with Crippen LogP contribution in [0.1, 0.15) is 15.4 Å². The van der Waals surface area contributed by atoms with Crippen LogP contribution in [0.5, 0.6) is 0 Å². The van der Waals surface area contributed by atoms with Gasteiger partial charge in [-0.05, 0) is 12.1 Å². The van der Waals surface area contributed by atoms with Crippen LogP contribution >= 0.6 is 23.7 Å². The number of amides is 1. The average molecular weight is 291 g/mol. The Bertz CT molecular complexity index is 554. The fraction of sp³-hybridized carbons (Fsp3) is 0.200. The lowest BCUT2D eigenvalue weighted by Gasteiger charge is -2.04. The molecule has 8 heteroatoms. The summed E-state index contributed by atoms with van der Waals surface area (Å²) in [4.78, 5) is 12.0. The molecule has 18 heavy (non-hydrogen) atoms. The van der Waals surface area contributed by atoms with Gasteiger partial charge in [-0.25, -0.2) is 0 Å². The molecule has 0 saturated carbocycles. The highest BCUT2D eigenvalue weighted by atomic mass is 35.5. The predicted octanol–water partition coefficient (Wildman–Crippen LogP) is 1.75. The van der Waals surface area contributed by atoms with Crippen molar-refractivity contribution in [2.24, 2.45) is 12.8 Å². The molecule has 98 valence electrons. The Kier molecular flexibility index (Phi) is 4.69.